The van der Waals surface area contributed by atoms with Crippen LogP contribution in [0.2, 0.25) is 0 Å². The third-order valence-electron chi connectivity index (χ3n) is 3.72. The van der Waals surface area contributed by atoms with Crippen molar-refractivity contribution < 1.29 is 0 Å². The summed E-state index contributed by atoms with van der Waals surface area (Å²) in [5, 5.41) is 0. The van der Waals surface area contributed by atoms with Crippen LogP contribution < -0.4 is 0 Å². The fourth-order valence-corrected chi connectivity index (χ4v) is 2.60. The van der Waals surface area contributed by atoms with E-state index in [1.54, 1.807) is 6.20 Å². The van der Waals surface area contributed by atoms with E-state index in [0.717, 1.165) is 6.54 Å². The topological polar surface area (TPSA) is 15.6 Å². The number of nitrogens with zero attached hydrogens (tertiary/aromatic N) is 2. The second-order valence-corrected chi connectivity index (χ2v) is 5.83. The maximum absolute atomic E-state index is 3.77. The summed E-state index contributed by atoms with van der Waals surface area (Å²) < 4.78 is 0. The molecule has 0 amide bonds. The Morgan fingerprint density at radius 1 is 1.09 bits per heavy atom. The van der Waals surface area contributed by atoms with Gasteiger partial charge in [-0.2, -0.15) is 0 Å². The van der Waals surface area contributed by atoms with E-state index in [1.165, 1.54) is 22.3 Å². The molecule has 2 rings (SSSR count). The Morgan fingerprint density at radius 3 is 2.45 bits per heavy atom. The van der Waals surface area contributed by atoms with Gasteiger partial charge in [0.1, 0.15) is 0 Å². The van der Waals surface area contributed by atoms with Gasteiger partial charge in [0.25, 0.3) is 0 Å². The molecule has 114 valence electrons. The zero-order valence-electron chi connectivity index (χ0n) is 13.7. The van der Waals surface area contributed by atoms with Crippen molar-refractivity contribution in [2.75, 3.05) is 7.05 Å². The van der Waals surface area contributed by atoms with Crippen LogP contribution in [-0.2, 0) is 6.54 Å². The standard InChI is InChI=1S/C20H24N2/c1-16(2)20-11-10-18(17-8-6-5-7-9-17)14-19(20)15-22(4)13-12-21-3/h5-14,16H,3,15H2,1-2,4H3/b13-12-. The molecule has 2 aromatic rings. The lowest BCUT2D eigenvalue weighted by atomic mass is 9.93. The fraction of sp³-hybridized carbons (Fsp3) is 0.250. The van der Waals surface area contributed by atoms with Crippen LogP contribution in [0, 0.1) is 0 Å². The molecule has 2 aromatic carbocycles. The normalized spacial score (nSPS) is 11.1. The van der Waals surface area contributed by atoms with Gasteiger partial charge in [0.05, 0.1) is 0 Å². The molecule has 0 spiro atoms. The molecule has 0 N–H and O–H groups in total. The quantitative estimate of drug-likeness (QED) is 0.678. The maximum Gasteiger partial charge on any atom is 0.0424 e. The Balaban J connectivity index is 2.36. The first-order valence-corrected chi connectivity index (χ1v) is 7.63. The zero-order chi connectivity index (χ0) is 15.9. The second kappa shape index (κ2) is 7.60. The minimum Gasteiger partial charge on any atom is -0.375 e. The lowest BCUT2D eigenvalue weighted by Crippen LogP contribution is -2.12. The number of hydrogen-bond acceptors (Lipinski definition) is 2. The third kappa shape index (κ3) is 4.08. The zero-order valence-corrected chi connectivity index (χ0v) is 13.7. The highest BCUT2D eigenvalue weighted by Crippen LogP contribution is 2.27. The number of hydrogen-bond donors (Lipinski definition) is 0. The summed E-state index contributed by atoms with van der Waals surface area (Å²) in [5.74, 6) is 0.509. The molecule has 0 aliphatic heterocycles. The minimum absolute atomic E-state index is 0.509. The van der Waals surface area contributed by atoms with Crippen molar-refractivity contribution in [2.45, 2.75) is 26.3 Å². The van der Waals surface area contributed by atoms with Gasteiger partial charge < -0.3 is 4.90 Å². The highest BCUT2D eigenvalue weighted by atomic mass is 15.1. The smallest absolute Gasteiger partial charge is 0.0424 e. The van der Waals surface area contributed by atoms with Gasteiger partial charge in [0.2, 0.25) is 0 Å². The molecular weight excluding hydrogens is 268 g/mol. The second-order valence-electron chi connectivity index (χ2n) is 5.83. The van der Waals surface area contributed by atoms with Crippen molar-refractivity contribution in [1.82, 2.24) is 4.90 Å². The van der Waals surface area contributed by atoms with Gasteiger partial charge in [-0.05, 0) is 41.0 Å². The van der Waals surface area contributed by atoms with E-state index in [-0.39, 0.29) is 0 Å². The lowest BCUT2D eigenvalue weighted by Gasteiger charge is -2.20. The van der Waals surface area contributed by atoms with Crippen LogP contribution in [0.3, 0.4) is 0 Å². The van der Waals surface area contributed by atoms with Crippen LogP contribution >= 0.6 is 0 Å². The van der Waals surface area contributed by atoms with Gasteiger partial charge in [0, 0.05) is 26.0 Å². The Labute approximate surface area is 133 Å². The molecule has 0 bridgehead atoms. The predicted molar refractivity (Wildman–Crippen MR) is 96.1 cm³/mol. The molecule has 0 fully saturated rings. The summed E-state index contributed by atoms with van der Waals surface area (Å²) in [7, 11) is 2.06. The van der Waals surface area contributed by atoms with Gasteiger partial charge in [-0.1, -0.05) is 56.3 Å². The summed E-state index contributed by atoms with van der Waals surface area (Å²) >= 11 is 0. The molecule has 0 atom stereocenters. The molecule has 0 saturated carbocycles. The van der Waals surface area contributed by atoms with Gasteiger partial charge in [-0.3, -0.25) is 4.99 Å². The van der Waals surface area contributed by atoms with Crippen LogP contribution in [0.25, 0.3) is 11.1 Å². The molecule has 2 nitrogen and oxygen atoms in total. The molecular formula is C20H24N2. The number of rotatable bonds is 6. The van der Waals surface area contributed by atoms with E-state index in [4.69, 9.17) is 0 Å². The van der Waals surface area contributed by atoms with E-state index in [0.29, 0.717) is 5.92 Å². The molecule has 0 aromatic heterocycles. The van der Waals surface area contributed by atoms with Crippen molar-refractivity contribution in [3.63, 3.8) is 0 Å². The number of benzene rings is 2. The molecule has 0 heterocycles. The average molecular weight is 292 g/mol. The van der Waals surface area contributed by atoms with E-state index in [9.17, 15) is 0 Å². The van der Waals surface area contributed by atoms with Crippen molar-refractivity contribution in [3.05, 3.63) is 72.1 Å². The monoisotopic (exact) mass is 292 g/mol. The van der Waals surface area contributed by atoms with Crippen molar-refractivity contribution in [1.29, 1.82) is 0 Å². The summed E-state index contributed by atoms with van der Waals surface area (Å²) in [6, 6.07) is 17.3. The van der Waals surface area contributed by atoms with Crippen molar-refractivity contribution in [2.24, 2.45) is 4.99 Å². The molecule has 0 saturated heterocycles. The summed E-state index contributed by atoms with van der Waals surface area (Å²) in [4.78, 5) is 5.90. The summed E-state index contributed by atoms with van der Waals surface area (Å²) in [6.45, 7) is 8.81. The Hall–Kier alpha value is -2.35. The Kier molecular flexibility index (Phi) is 5.54. The van der Waals surface area contributed by atoms with Crippen LogP contribution in [0.1, 0.15) is 30.9 Å². The predicted octanol–water partition coefficient (Wildman–Crippen LogP) is 5.08. The largest absolute Gasteiger partial charge is 0.375 e. The van der Waals surface area contributed by atoms with Gasteiger partial charge in [0.15, 0.2) is 0 Å². The molecule has 0 radical (unpaired) electrons. The van der Waals surface area contributed by atoms with Crippen molar-refractivity contribution >= 4 is 6.72 Å². The van der Waals surface area contributed by atoms with E-state index in [1.807, 2.05) is 12.3 Å². The number of aliphatic imine (C=N–C) groups is 1. The lowest BCUT2D eigenvalue weighted by molar-refractivity contribution is 0.447. The highest BCUT2D eigenvalue weighted by molar-refractivity contribution is 5.65. The fourth-order valence-electron chi connectivity index (χ4n) is 2.60. The molecule has 0 aliphatic rings. The Bertz CT molecular complexity index is 642. The minimum atomic E-state index is 0.509. The van der Waals surface area contributed by atoms with E-state index >= 15 is 0 Å². The van der Waals surface area contributed by atoms with Crippen LogP contribution in [0.4, 0.5) is 0 Å². The molecule has 2 heteroatoms. The summed E-state index contributed by atoms with van der Waals surface area (Å²) in [5.41, 5.74) is 5.27. The summed E-state index contributed by atoms with van der Waals surface area (Å²) in [6.07, 6.45) is 3.67. The van der Waals surface area contributed by atoms with Crippen LogP contribution in [0.5, 0.6) is 0 Å². The van der Waals surface area contributed by atoms with Gasteiger partial charge >= 0.3 is 0 Å². The van der Waals surface area contributed by atoms with Gasteiger partial charge in [-0.25, -0.2) is 0 Å². The third-order valence-corrected chi connectivity index (χ3v) is 3.72. The van der Waals surface area contributed by atoms with Crippen LogP contribution in [0.15, 0.2) is 65.9 Å². The molecule has 0 aliphatic carbocycles. The first kappa shape index (κ1) is 16.0. The van der Waals surface area contributed by atoms with Crippen LogP contribution in [-0.4, -0.2) is 18.7 Å². The average Bonchev–Trinajstić information content (AvgIpc) is 2.53. The van der Waals surface area contributed by atoms with E-state index < -0.39 is 0 Å². The SMILES string of the molecule is C=N/C=C\N(C)Cc1cc(-c2ccccc2)ccc1C(C)C. The van der Waals surface area contributed by atoms with Gasteiger partial charge in [-0.15, -0.1) is 0 Å². The maximum atomic E-state index is 3.77. The molecule has 22 heavy (non-hydrogen) atoms. The Morgan fingerprint density at radius 2 is 1.82 bits per heavy atom. The highest BCUT2D eigenvalue weighted by Gasteiger charge is 2.09. The van der Waals surface area contributed by atoms with E-state index in [2.05, 4.69) is 80.0 Å². The van der Waals surface area contributed by atoms with Crippen molar-refractivity contribution in [3.8, 4) is 11.1 Å². The first-order chi connectivity index (χ1) is 10.6. The first-order valence-electron chi connectivity index (χ1n) is 7.63. The molecule has 0 unspecified atom stereocenters.